The topological polar surface area (TPSA) is 89.0 Å². The highest BCUT2D eigenvalue weighted by atomic mass is 32.1. The molecule has 2 aliphatic heterocycles. The van der Waals surface area contributed by atoms with Crippen molar-refractivity contribution >= 4 is 44.1 Å². The molecule has 3 heterocycles. The molecule has 3 aromatic carbocycles. The second kappa shape index (κ2) is 8.99. The van der Waals surface area contributed by atoms with E-state index in [1.54, 1.807) is 43.5 Å². The molecule has 1 fully saturated rings. The number of aliphatic hydroxyl groups is 1. The molecule has 192 valence electrons. The Hall–Kier alpha value is -4.17. The van der Waals surface area contributed by atoms with Gasteiger partial charge in [-0.15, -0.1) is 0 Å². The predicted octanol–water partition coefficient (Wildman–Crippen LogP) is 5.87. The van der Waals surface area contributed by atoms with E-state index in [2.05, 4.69) is 0 Å². The maximum absolute atomic E-state index is 13.6. The molecular formula is C30H26N2O5S. The fourth-order valence-corrected chi connectivity index (χ4v) is 6.49. The summed E-state index contributed by atoms with van der Waals surface area (Å²) in [5, 5.41) is 11.9. The van der Waals surface area contributed by atoms with Gasteiger partial charge in [0.15, 0.2) is 5.13 Å². The zero-order valence-electron chi connectivity index (χ0n) is 21.4. The van der Waals surface area contributed by atoms with Gasteiger partial charge in [0.2, 0.25) is 0 Å². The van der Waals surface area contributed by atoms with Crippen LogP contribution < -0.4 is 14.4 Å². The van der Waals surface area contributed by atoms with Crippen LogP contribution in [0.2, 0.25) is 0 Å². The molecule has 0 radical (unpaired) electrons. The lowest BCUT2D eigenvalue weighted by Crippen LogP contribution is -2.29. The summed E-state index contributed by atoms with van der Waals surface area (Å²) in [6.07, 6.45) is 0.746. The minimum atomic E-state index is -0.855. The number of Topliss-reactive ketones (excluding diaryl/α,β-unsaturated/α-hetero) is 1. The summed E-state index contributed by atoms with van der Waals surface area (Å²) in [6, 6.07) is 15.7. The van der Waals surface area contributed by atoms with Gasteiger partial charge in [0.25, 0.3) is 5.78 Å². The predicted molar refractivity (Wildman–Crippen MR) is 147 cm³/mol. The van der Waals surface area contributed by atoms with E-state index in [1.807, 2.05) is 39.0 Å². The smallest absolute Gasteiger partial charge is 0.301 e. The Bertz CT molecular complexity index is 1650. The molecule has 2 atom stereocenters. The Labute approximate surface area is 224 Å². The molecule has 0 aliphatic carbocycles. The van der Waals surface area contributed by atoms with Crippen LogP contribution in [0.15, 0.2) is 60.2 Å². The van der Waals surface area contributed by atoms with Gasteiger partial charge in [0.1, 0.15) is 23.4 Å². The van der Waals surface area contributed by atoms with Gasteiger partial charge in [-0.05, 0) is 79.4 Å². The summed E-state index contributed by atoms with van der Waals surface area (Å²) in [7, 11) is 1.57. The molecule has 4 aromatic rings. The summed E-state index contributed by atoms with van der Waals surface area (Å²) in [6.45, 7) is 5.97. The van der Waals surface area contributed by atoms with Gasteiger partial charge in [-0.3, -0.25) is 14.5 Å². The van der Waals surface area contributed by atoms with E-state index in [0.29, 0.717) is 28.4 Å². The number of nitrogens with zero attached hydrogens (tertiary/aromatic N) is 2. The van der Waals surface area contributed by atoms with Gasteiger partial charge >= 0.3 is 5.91 Å². The number of carbonyl (C=O) groups excluding carboxylic acids is 2. The third kappa shape index (κ3) is 3.83. The normalized spacial score (nSPS) is 20.2. The SMILES string of the molecule is COc1ccc([C@H]2C(=C(O)c3ccc4c(c3)C[C@@H](C)O4)C(=O)C(=O)N2c2nc3c(C)cc(C)cc3s2)cc1. The van der Waals surface area contributed by atoms with E-state index in [1.165, 1.54) is 16.2 Å². The highest BCUT2D eigenvalue weighted by Gasteiger charge is 2.48. The largest absolute Gasteiger partial charge is 0.507 e. The van der Waals surface area contributed by atoms with Crippen molar-refractivity contribution in [1.29, 1.82) is 0 Å². The Kier molecular flexibility index (Phi) is 5.72. The minimum Gasteiger partial charge on any atom is -0.507 e. The first-order valence-electron chi connectivity index (χ1n) is 12.4. The molecule has 1 amide bonds. The van der Waals surface area contributed by atoms with Gasteiger partial charge in [0.05, 0.1) is 28.9 Å². The zero-order chi connectivity index (χ0) is 26.7. The van der Waals surface area contributed by atoms with Crippen molar-refractivity contribution < 1.29 is 24.2 Å². The molecule has 0 spiro atoms. The van der Waals surface area contributed by atoms with Crippen molar-refractivity contribution in [3.63, 3.8) is 0 Å². The molecule has 0 unspecified atom stereocenters. The monoisotopic (exact) mass is 526 g/mol. The lowest BCUT2D eigenvalue weighted by atomic mass is 9.94. The van der Waals surface area contributed by atoms with E-state index in [9.17, 15) is 14.7 Å². The third-order valence-corrected chi connectivity index (χ3v) is 8.07. The number of rotatable bonds is 4. The number of methoxy groups -OCH3 is 1. The Balaban J connectivity index is 1.54. The molecule has 0 bridgehead atoms. The maximum Gasteiger partial charge on any atom is 0.301 e. The lowest BCUT2D eigenvalue weighted by molar-refractivity contribution is -0.132. The summed E-state index contributed by atoms with van der Waals surface area (Å²) in [5.74, 6) is -0.285. The number of carbonyl (C=O) groups is 2. The van der Waals surface area contributed by atoms with Crippen LogP contribution in [-0.4, -0.2) is 35.0 Å². The van der Waals surface area contributed by atoms with Crippen molar-refractivity contribution in [2.45, 2.75) is 39.3 Å². The lowest BCUT2D eigenvalue weighted by Gasteiger charge is -2.23. The fourth-order valence-electron chi connectivity index (χ4n) is 5.32. The van der Waals surface area contributed by atoms with Crippen LogP contribution in [0.3, 0.4) is 0 Å². The maximum atomic E-state index is 13.6. The first kappa shape index (κ1) is 24.2. The van der Waals surface area contributed by atoms with Gasteiger partial charge in [-0.1, -0.05) is 29.5 Å². The number of hydrogen-bond donors (Lipinski definition) is 1. The van der Waals surface area contributed by atoms with Crippen LogP contribution in [0.25, 0.3) is 16.0 Å². The number of aryl methyl sites for hydroxylation is 2. The van der Waals surface area contributed by atoms with E-state index in [4.69, 9.17) is 14.5 Å². The van der Waals surface area contributed by atoms with Crippen molar-refractivity contribution in [3.05, 3.63) is 88.0 Å². The molecule has 0 saturated carbocycles. The Morgan fingerprint density at radius 3 is 2.61 bits per heavy atom. The van der Waals surface area contributed by atoms with E-state index in [0.717, 1.165) is 32.7 Å². The summed E-state index contributed by atoms with van der Waals surface area (Å²) in [5.41, 5.74) is 4.99. The second-order valence-corrected chi connectivity index (χ2v) is 10.8. The minimum absolute atomic E-state index is 0.0271. The standard InChI is InChI=1S/C30H26N2O5S/c1-15-11-16(2)25-23(12-15)38-30(31-25)32-26(18-5-8-21(36-4)9-6-18)24(28(34)29(32)35)27(33)19-7-10-22-20(14-19)13-17(3)37-22/h5-12,14,17,26,33H,13H2,1-4H3/t17-,26+/m1/s1. The zero-order valence-corrected chi connectivity index (χ0v) is 22.3. The number of anilines is 1. The number of aliphatic hydroxyl groups excluding tert-OH is 1. The molecule has 38 heavy (non-hydrogen) atoms. The van der Waals surface area contributed by atoms with E-state index in [-0.39, 0.29) is 17.4 Å². The molecule has 2 aliphatic rings. The number of thiazole rings is 1. The van der Waals surface area contributed by atoms with E-state index >= 15 is 0 Å². The fraction of sp³-hybridized carbons (Fsp3) is 0.233. The van der Waals surface area contributed by atoms with Gasteiger partial charge in [0, 0.05) is 12.0 Å². The molecular weight excluding hydrogens is 500 g/mol. The summed E-state index contributed by atoms with van der Waals surface area (Å²) < 4.78 is 12.0. The second-order valence-electron chi connectivity index (χ2n) is 9.82. The molecule has 7 nitrogen and oxygen atoms in total. The number of fused-ring (bicyclic) bond motifs is 2. The van der Waals surface area contributed by atoms with Crippen LogP contribution >= 0.6 is 11.3 Å². The van der Waals surface area contributed by atoms with Crippen LogP contribution in [0.1, 0.15) is 40.8 Å². The molecule has 1 N–H and O–H groups in total. The van der Waals surface area contributed by atoms with Crippen molar-refractivity contribution in [3.8, 4) is 11.5 Å². The highest BCUT2D eigenvalue weighted by molar-refractivity contribution is 7.22. The number of ketones is 1. The molecule has 1 aromatic heterocycles. The summed E-state index contributed by atoms with van der Waals surface area (Å²) in [4.78, 5) is 33.3. The quantitative estimate of drug-likeness (QED) is 0.203. The Morgan fingerprint density at radius 1 is 1.11 bits per heavy atom. The number of hydrogen-bond acceptors (Lipinski definition) is 7. The van der Waals surface area contributed by atoms with E-state index < -0.39 is 17.7 Å². The van der Waals surface area contributed by atoms with Crippen LogP contribution in [0.4, 0.5) is 5.13 Å². The number of benzene rings is 3. The third-order valence-electron chi connectivity index (χ3n) is 7.07. The first-order valence-corrected chi connectivity index (χ1v) is 13.2. The number of ether oxygens (including phenoxy) is 2. The van der Waals surface area contributed by atoms with Crippen molar-refractivity contribution in [1.82, 2.24) is 4.98 Å². The molecule has 6 rings (SSSR count). The van der Waals surface area contributed by atoms with Crippen molar-refractivity contribution in [2.24, 2.45) is 0 Å². The van der Waals surface area contributed by atoms with Crippen LogP contribution in [-0.2, 0) is 16.0 Å². The van der Waals surface area contributed by atoms with Crippen LogP contribution in [0, 0.1) is 13.8 Å². The van der Waals surface area contributed by atoms with Gasteiger partial charge in [-0.25, -0.2) is 4.98 Å². The van der Waals surface area contributed by atoms with Gasteiger partial charge < -0.3 is 14.6 Å². The Morgan fingerprint density at radius 2 is 1.87 bits per heavy atom. The number of amides is 1. The first-order chi connectivity index (χ1) is 18.2. The highest BCUT2D eigenvalue weighted by Crippen LogP contribution is 2.45. The molecule has 8 heteroatoms. The van der Waals surface area contributed by atoms with Gasteiger partial charge in [-0.2, -0.15) is 0 Å². The summed E-state index contributed by atoms with van der Waals surface area (Å²) >= 11 is 1.36. The average Bonchev–Trinajstić information content (AvgIpc) is 3.56. The van der Waals surface area contributed by atoms with Crippen molar-refractivity contribution in [2.75, 3.05) is 12.0 Å². The average molecular weight is 527 g/mol. The molecule has 1 saturated heterocycles. The number of aromatic nitrogens is 1. The van der Waals surface area contributed by atoms with Crippen LogP contribution in [0.5, 0.6) is 11.5 Å².